The van der Waals surface area contributed by atoms with Crippen molar-refractivity contribution in [3.8, 4) is 5.75 Å². The Bertz CT molecular complexity index is 603. The third kappa shape index (κ3) is 4.53. The van der Waals surface area contributed by atoms with Gasteiger partial charge in [-0.05, 0) is 51.5 Å². The molecule has 5 heteroatoms. The summed E-state index contributed by atoms with van der Waals surface area (Å²) in [6.45, 7) is 7.65. The van der Waals surface area contributed by atoms with Crippen LogP contribution in [0.25, 0.3) is 0 Å². The third-order valence-electron chi connectivity index (χ3n) is 4.33. The summed E-state index contributed by atoms with van der Waals surface area (Å²) < 4.78 is 10.7. The Kier molecular flexibility index (Phi) is 6.09. The molecule has 5 nitrogen and oxygen atoms in total. The molecular formula is C20H29NO4. The lowest BCUT2D eigenvalue weighted by molar-refractivity contribution is -0.164. The second-order valence-corrected chi connectivity index (χ2v) is 7.49. The van der Waals surface area contributed by atoms with Crippen molar-refractivity contribution in [2.24, 2.45) is 5.92 Å². The van der Waals surface area contributed by atoms with E-state index in [-0.39, 0.29) is 17.8 Å². The van der Waals surface area contributed by atoms with Crippen LogP contribution in [0.2, 0.25) is 0 Å². The number of benzene rings is 1. The fraction of sp³-hybridized carbons (Fsp3) is 0.600. The van der Waals surface area contributed by atoms with Crippen LogP contribution < -0.4 is 9.64 Å². The Labute approximate surface area is 150 Å². The summed E-state index contributed by atoms with van der Waals surface area (Å²) in [7, 11) is 1.59. The zero-order chi connectivity index (χ0) is 18.6. The Morgan fingerprint density at radius 1 is 1.16 bits per heavy atom. The fourth-order valence-corrected chi connectivity index (χ4v) is 3.11. The molecular weight excluding hydrogens is 318 g/mol. The molecule has 1 aliphatic heterocycles. The van der Waals surface area contributed by atoms with Gasteiger partial charge < -0.3 is 9.47 Å². The fourth-order valence-electron chi connectivity index (χ4n) is 3.11. The van der Waals surface area contributed by atoms with Gasteiger partial charge in [0.15, 0.2) is 0 Å². The molecule has 1 amide bonds. The molecule has 1 aliphatic rings. The number of unbranched alkanes of at least 4 members (excludes halogenated alkanes) is 2. The van der Waals surface area contributed by atoms with E-state index in [9.17, 15) is 9.59 Å². The smallest absolute Gasteiger partial charge is 0.330 e. The minimum atomic E-state index is -0.574. The van der Waals surface area contributed by atoms with Gasteiger partial charge in [-0.3, -0.25) is 9.69 Å². The molecule has 1 saturated heterocycles. The lowest BCUT2D eigenvalue weighted by Crippen LogP contribution is -2.65. The second-order valence-electron chi connectivity index (χ2n) is 7.49. The van der Waals surface area contributed by atoms with E-state index in [0.29, 0.717) is 11.4 Å². The third-order valence-corrected chi connectivity index (χ3v) is 4.33. The SMILES string of the molecule is CCCCC[C@@H]1C(=O)N(c2ccc(OC)cc2)[C@@H]1C(=O)OC(C)(C)C. The van der Waals surface area contributed by atoms with E-state index in [1.54, 1.807) is 36.3 Å². The maximum Gasteiger partial charge on any atom is 0.330 e. The van der Waals surface area contributed by atoms with Gasteiger partial charge in [-0.1, -0.05) is 26.2 Å². The molecule has 0 radical (unpaired) electrons. The molecule has 1 fully saturated rings. The largest absolute Gasteiger partial charge is 0.497 e. The van der Waals surface area contributed by atoms with Crippen LogP contribution in [0.5, 0.6) is 5.75 Å². The van der Waals surface area contributed by atoms with E-state index in [1.807, 2.05) is 20.8 Å². The summed E-state index contributed by atoms with van der Waals surface area (Å²) in [5, 5.41) is 0. The Hall–Kier alpha value is -2.04. The molecule has 138 valence electrons. The molecule has 0 unspecified atom stereocenters. The van der Waals surface area contributed by atoms with E-state index in [4.69, 9.17) is 9.47 Å². The highest BCUT2D eigenvalue weighted by Crippen LogP contribution is 2.37. The van der Waals surface area contributed by atoms with Crippen LogP contribution in [0.1, 0.15) is 53.4 Å². The number of carbonyl (C=O) groups excluding carboxylic acids is 2. The van der Waals surface area contributed by atoms with Gasteiger partial charge >= 0.3 is 5.97 Å². The summed E-state index contributed by atoms with van der Waals surface area (Å²) in [6, 6.07) is 6.64. The van der Waals surface area contributed by atoms with Crippen molar-refractivity contribution in [2.45, 2.75) is 65.0 Å². The predicted octanol–water partition coefficient (Wildman–Crippen LogP) is 3.95. The van der Waals surface area contributed by atoms with Gasteiger partial charge in [0.05, 0.1) is 13.0 Å². The number of hydrogen-bond donors (Lipinski definition) is 0. The second kappa shape index (κ2) is 7.89. The van der Waals surface area contributed by atoms with Crippen molar-refractivity contribution < 1.29 is 19.1 Å². The average molecular weight is 347 g/mol. The summed E-state index contributed by atoms with van der Waals surface area (Å²) in [4.78, 5) is 26.9. The van der Waals surface area contributed by atoms with Gasteiger partial charge in [0.25, 0.3) is 0 Å². The van der Waals surface area contributed by atoms with Crippen molar-refractivity contribution >= 4 is 17.6 Å². The number of β-lactam (4-membered cyclic amide) rings is 1. The Morgan fingerprint density at radius 2 is 1.80 bits per heavy atom. The summed E-state index contributed by atoms with van der Waals surface area (Å²) in [6.07, 6.45) is 3.82. The number of methoxy groups -OCH3 is 1. The molecule has 2 rings (SSSR count). The highest BCUT2D eigenvalue weighted by molar-refractivity contribution is 6.10. The molecule has 1 heterocycles. The average Bonchev–Trinajstić information content (AvgIpc) is 2.55. The van der Waals surface area contributed by atoms with Crippen LogP contribution in [0.15, 0.2) is 24.3 Å². The van der Waals surface area contributed by atoms with Gasteiger partial charge in [0.1, 0.15) is 17.4 Å². The normalized spacial score (nSPS) is 20.2. The highest BCUT2D eigenvalue weighted by Gasteiger charge is 2.53. The number of nitrogens with zero attached hydrogens (tertiary/aromatic N) is 1. The van der Waals surface area contributed by atoms with Crippen LogP contribution in [-0.2, 0) is 14.3 Å². The van der Waals surface area contributed by atoms with Crippen LogP contribution in [0.3, 0.4) is 0 Å². The van der Waals surface area contributed by atoms with Crippen molar-refractivity contribution in [2.75, 3.05) is 12.0 Å². The molecule has 0 aliphatic carbocycles. The summed E-state index contributed by atoms with van der Waals surface area (Å²) >= 11 is 0. The van der Waals surface area contributed by atoms with Crippen LogP contribution in [0, 0.1) is 5.92 Å². The molecule has 0 bridgehead atoms. The highest BCUT2D eigenvalue weighted by atomic mass is 16.6. The maximum absolute atomic E-state index is 12.7. The van der Waals surface area contributed by atoms with Crippen LogP contribution >= 0.6 is 0 Å². The van der Waals surface area contributed by atoms with Crippen molar-refractivity contribution in [3.05, 3.63) is 24.3 Å². The number of hydrogen-bond acceptors (Lipinski definition) is 4. The van der Waals surface area contributed by atoms with E-state index < -0.39 is 11.6 Å². The monoisotopic (exact) mass is 347 g/mol. The minimum absolute atomic E-state index is 0.00266. The van der Waals surface area contributed by atoms with Gasteiger partial charge in [0.2, 0.25) is 5.91 Å². The van der Waals surface area contributed by atoms with Gasteiger partial charge in [-0.25, -0.2) is 4.79 Å². The van der Waals surface area contributed by atoms with E-state index in [2.05, 4.69) is 6.92 Å². The maximum atomic E-state index is 12.7. The number of ether oxygens (including phenoxy) is 2. The first-order valence-electron chi connectivity index (χ1n) is 8.98. The topological polar surface area (TPSA) is 55.8 Å². The predicted molar refractivity (Wildman–Crippen MR) is 97.7 cm³/mol. The van der Waals surface area contributed by atoms with Gasteiger partial charge in [-0.15, -0.1) is 0 Å². The molecule has 1 aromatic carbocycles. The number of carbonyl (C=O) groups is 2. The lowest BCUT2D eigenvalue weighted by atomic mass is 9.82. The summed E-state index contributed by atoms with van der Waals surface area (Å²) in [5.41, 5.74) is 0.128. The first kappa shape index (κ1) is 19.3. The first-order valence-corrected chi connectivity index (χ1v) is 8.98. The number of esters is 1. The van der Waals surface area contributed by atoms with Gasteiger partial charge in [-0.2, -0.15) is 0 Å². The zero-order valence-corrected chi connectivity index (χ0v) is 15.9. The molecule has 25 heavy (non-hydrogen) atoms. The lowest BCUT2D eigenvalue weighted by Gasteiger charge is -2.46. The quantitative estimate of drug-likeness (QED) is 0.426. The molecule has 0 saturated carbocycles. The van der Waals surface area contributed by atoms with Crippen LogP contribution in [-0.4, -0.2) is 30.6 Å². The van der Waals surface area contributed by atoms with E-state index in [1.165, 1.54) is 0 Å². The summed E-state index contributed by atoms with van der Waals surface area (Å²) in [5.74, 6) is 0.0927. The number of anilines is 1. The van der Waals surface area contributed by atoms with E-state index >= 15 is 0 Å². The molecule has 2 atom stereocenters. The minimum Gasteiger partial charge on any atom is -0.497 e. The Balaban J connectivity index is 2.20. The van der Waals surface area contributed by atoms with Crippen LogP contribution in [0.4, 0.5) is 5.69 Å². The Morgan fingerprint density at radius 3 is 2.32 bits per heavy atom. The molecule has 0 spiro atoms. The number of rotatable bonds is 7. The van der Waals surface area contributed by atoms with Gasteiger partial charge in [0, 0.05) is 5.69 Å². The molecule has 0 N–H and O–H groups in total. The van der Waals surface area contributed by atoms with E-state index in [0.717, 1.165) is 25.7 Å². The number of amides is 1. The van der Waals surface area contributed by atoms with Crippen molar-refractivity contribution in [1.82, 2.24) is 0 Å². The van der Waals surface area contributed by atoms with Crippen molar-refractivity contribution in [1.29, 1.82) is 0 Å². The zero-order valence-electron chi connectivity index (χ0n) is 15.9. The first-order chi connectivity index (χ1) is 11.8. The van der Waals surface area contributed by atoms with Crippen molar-refractivity contribution in [3.63, 3.8) is 0 Å². The molecule has 0 aromatic heterocycles. The standard InChI is InChI=1S/C20H29NO4/c1-6-7-8-9-16-17(19(23)25-20(2,3)4)21(18(16)22)14-10-12-15(24-5)13-11-14/h10-13,16-17H,6-9H2,1-5H3/t16-,17-/m0/s1. The molecule has 1 aromatic rings.